The summed E-state index contributed by atoms with van der Waals surface area (Å²) in [5.41, 5.74) is 4.56. The number of rotatable bonds is 6. The molecule has 0 bridgehead atoms. The van der Waals surface area contributed by atoms with Gasteiger partial charge >= 0.3 is 0 Å². The molecule has 1 aromatic carbocycles. The van der Waals surface area contributed by atoms with E-state index in [0.29, 0.717) is 11.4 Å². The molecule has 0 aliphatic carbocycles. The number of anilines is 1. The first-order valence-electron chi connectivity index (χ1n) is 10.3. The first kappa shape index (κ1) is 20.6. The summed E-state index contributed by atoms with van der Waals surface area (Å²) in [6.07, 6.45) is 2.63. The Morgan fingerprint density at radius 3 is 2.50 bits per heavy atom. The van der Waals surface area contributed by atoms with E-state index in [-0.39, 0.29) is 5.91 Å². The van der Waals surface area contributed by atoms with Gasteiger partial charge in [0.15, 0.2) is 5.82 Å². The van der Waals surface area contributed by atoms with Crippen molar-refractivity contribution in [2.24, 2.45) is 0 Å². The number of aryl methyl sites for hydroxylation is 2. The third-order valence-electron chi connectivity index (χ3n) is 5.27. The van der Waals surface area contributed by atoms with Gasteiger partial charge in [0.05, 0.1) is 11.3 Å². The van der Waals surface area contributed by atoms with Gasteiger partial charge < -0.3 is 10.2 Å². The predicted octanol–water partition coefficient (Wildman–Crippen LogP) is 3.73. The monoisotopic (exact) mass is 421 g/mol. The smallest absolute Gasteiger partial charge is 0.257 e. The number of nitrogens with one attached hydrogen (secondary N) is 1. The summed E-state index contributed by atoms with van der Waals surface area (Å²) in [5.74, 6) is 3.01. The number of hydrogen-bond donors (Lipinski definition) is 1. The molecule has 0 spiro atoms. The topological polar surface area (TPSA) is 63.1 Å². The van der Waals surface area contributed by atoms with Crippen molar-refractivity contribution in [3.8, 4) is 5.82 Å². The van der Waals surface area contributed by atoms with Crippen molar-refractivity contribution in [1.82, 2.24) is 19.7 Å². The van der Waals surface area contributed by atoms with Gasteiger partial charge in [-0.05, 0) is 56.2 Å². The summed E-state index contributed by atoms with van der Waals surface area (Å²) in [5, 5.41) is 7.38. The summed E-state index contributed by atoms with van der Waals surface area (Å²) < 4.78 is 1.78. The highest BCUT2D eigenvalue weighted by Gasteiger charge is 2.11. The maximum Gasteiger partial charge on any atom is 0.257 e. The lowest BCUT2D eigenvalue weighted by atomic mass is 10.1. The summed E-state index contributed by atoms with van der Waals surface area (Å²) in [6, 6.07) is 13.7. The van der Waals surface area contributed by atoms with Gasteiger partial charge in [0.25, 0.3) is 5.91 Å². The van der Waals surface area contributed by atoms with Crippen molar-refractivity contribution in [3.63, 3.8) is 0 Å². The van der Waals surface area contributed by atoms with Crippen molar-refractivity contribution in [1.29, 1.82) is 0 Å². The minimum Gasteiger partial charge on any atom is -0.322 e. The second-order valence-electron chi connectivity index (χ2n) is 7.60. The fraction of sp³-hybridized carbons (Fsp3) is 0.348. The van der Waals surface area contributed by atoms with E-state index < -0.39 is 0 Å². The highest BCUT2D eigenvalue weighted by molar-refractivity contribution is 7.99. The zero-order valence-electron chi connectivity index (χ0n) is 17.5. The zero-order chi connectivity index (χ0) is 20.9. The number of carbonyl (C=O) groups excluding carboxylic acids is 1. The normalized spacial score (nSPS) is 14.6. The van der Waals surface area contributed by atoms with Gasteiger partial charge in [0.1, 0.15) is 0 Å². The van der Waals surface area contributed by atoms with Gasteiger partial charge in [-0.25, -0.2) is 9.67 Å². The largest absolute Gasteiger partial charge is 0.322 e. The van der Waals surface area contributed by atoms with Crippen molar-refractivity contribution in [2.75, 3.05) is 36.5 Å². The van der Waals surface area contributed by atoms with Crippen LogP contribution in [0.15, 0.2) is 48.7 Å². The quantitative estimate of drug-likeness (QED) is 0.657. The van der Waals surface area contributed by atoms with Crippen LogP contribution in [0.25, 0.3) is 5.82 Å². The Hall–Kier alpha value is -2.64. The Balaban J connectivity index is 1.33. The molecule has 30 heavy (non-hydrogen) atoms. The van der Waals surface area contributed by atoms with Crippen molar-refractivity contribution in [2.45, 2.75) is 20.3 Å². The van der Waals surface area contributed by atoms with Crippen molar-refractivity contribution in [3.05, 3.63) is 71.2 Å². The van der Waals surface area contributed by atoms with E-state index in [0.717, 1.165) is 30.0 Å². The number of carbonyl (C=O) groups is 1. The molecular weight excluding hydrogens is 394 g/mol. The van der Waals surface area contributed by atoms with Crippen LogP contribution in [0, 0.1) is 13.8 Å². The minimum atomic E-state index is -0.166. The van der Waals surface area contributed by atoms with Gasteiger partial charge in [-0.1, -0.05) is 12.1 Å². The fourth-order valence-electron chi connectivity index (χ4n) is 3.58. The van der Waals surface area contributed by atoms with E-state index in [1.54, 1.807) is 16.9 Å². The molecule has 1 aliphatic rings. The molecule has 1 N–H and O–H groups in total. The highest BCUT2D eigenvalue weighted by atomic mass is 32.2. The molecule has 1 fully saturated rings. The van der Waals surface area contributed by atoms with Gasteiger partial charge in [0, 0.05) is 48.7 Å². The van der Waals surface area contributed by atoms with E-state index in [2.05, 4.69) is 32.4 Å². The second-order valence-corrected chi connectivity index (χ2v) is 8.82. The molecule has 0 atom stereocenters. The summed E-state index contributed by atoms with van der Waals surface area (Å²) in [7, 11) is 0. The molecule has 1 saturated heterocycles. The van der Waals surface area contributed by atoms with Crippen LogP contribution in [-0.4, -0.2) is 56.7 Å². The SMILES string of the molecule is Cc1cc(C)n(-c2ccc(C(=O)Nc3ccc(CCN4CCSCC4)cc3)cn2)n1. The van der Waals surface area contributed by atoms with E-state index in [9.17, 15) is 4.79 Å². The molecule has 2 aromatic heterocycles. The molecule has 0 saturated carbocycles. The Bertz CT molecular complexity index is 991. The molecule has 6 nitrogen and oxygen atoms in total. The highest BCUT2D eigenvalue weighted by Crippen LogP contribution is 2.15. The lowest BCUT2D eigenvalue weighted by molar-refractivity contribution is 0.102. The minimum absolute atomic E-state index is 0.166. The molecule has 3 aromatic rings. The van der Waals surface area contributed by atoms with Crippen LogP contribution in [0.5, 0.6) is 0 Å². The lowest BCUT2D eigenvalue weighted by Gasteiger charge is -2.26. The third kappa shape index (κ3) is 5.09. The van der Waals surface area contributed by atoms with E-state index in [1.165, 1.54) is 30.2 Å². The molecule has 0 radical (unpaired) electrons. The van der Waals surface area contributed by atoms with Gasteiger partial charge in [-0.2, -0.15) is 16.9 Å². The van der Waals surface area contributed by atoms with Crippen LogP contribution >= 0.6 is 11.8 Å². The average molecular weight is 422 g/mol. The first-order chi connectivity index (χ1) is 14.6. The van der Waals surface area contributed by atoms with Crippen LogP contribution < -0.4 is 5.32 Å². The molecule has 7 heteroatoms. The average Bonchev–Trinajstić information content (AvgIpc) is 3.12. The number of nitrogens with zero attached hydrogens (tertiary/aromatic N) is 4. The van der Waals surface area contributed by atoms with Crippen LogP contribution in [0.3, 0.4) is 0 Å². The van der Waals surface area contributed by atoms with Crippen LogP contribution in [0.2, 0.25) is 0 Å². The third-order valence-corrected chi connectivity index (χ3v) is 6.21. The number of pyridine rings is 1. The Morgan fingerprint density at radius 2 is 1.87 bits per heavy atom. The maximum absolute atomic E-state index is 12.6. The maximum atomic E-state index is 12.6. The number of amides is 1. The number of benzene rings is 1. The predicted molar refractivity (Wildman–Crippen MR) is 123 cm³/mol. The molecular formula is C23H27N5OS. The Labute approximate surface area is 181 Å². The Morgan fingerprint density at radius 1 is 1.10 bits per heavy atom. The summed E-state index contributed by atoms with van der Waals surface area (Å²) in [6.45, 7) is 7.40. The number of aromatic nitrogens is 3. The molecule has 3 heterocycles. The summed E-state index contributed by atoms with van der Waals surface area (Å²) >= 11 is 2.04. The molecule has 156 valence electrons. The van der Waals surface area contributed by atoms with Crippen molar-refractivity contribution >= 4 is 23.4 Å². The van der Waals surface area contributed by atoms with Crippen molar-refractivity contribution < 1.29 is 4.79 Å². The molecule has 1 amide bonds. The summed E-state index contributed by atoms with van der Waals surface area (Å²) in [4.78, 5) is 19.5. The van der Waals surface area contributed by atoms with E-state index in [1.807, 2.05) is 49.9 Å². The number of hydrogen-bond acceptors (Lipinski definition) is 5. The van der Waals surface area contributed by atoms with Crippen LogP contribution in [0.1, 0.15) is 27.3 Å². The van der Waals surface area contributed by atoms with E-state index >= 15 is 0 Å². The molecule has 0 unspecified atom stereocenters. The number of thioether (sulfide) groups is 1. The first-order valence-corrected chi connectivity index (χ1v) is 11.4. The standard InChI is InChI=1S/C23H27N5OS/c1-17-15-18(2)28(26-17)22-8-5-20(16-24-22)23(29)25-21-6-3-19(4-7-21)9-10-27-11-13-30-14-12-27/h3-8,15-16H,9-14H2,1-2H3,(H,25,29). The van der Waals surface area contributed by atoms with Crippen LogP contribution in [-0.2, 0) is 6.42 Å². The second kappa shape index (κ2) is 9.45. The Kier molecular flexibility index (Phi) is 6.50. The molecule has 4 rings (SSSR count). The van der Waals surface area contributed by atoms with Crippen LogP contribution in [0.4, 0.5) is 5.69 Å². The zero-order valence-corrected chi connectivity index (χ0v) is 18.3. The fourth-order valence-corrected chi connectivity index (χ4v) is 4.56. The van der Waals surface area contributed by atoms with Gasteiger partial charge in [-0.15, -0.1) is 0 Å². The van der Waals surface area contributed by atoms with Gasteiger partial charge in [0.2, 0.25) is 0 Å². The van der Waals surface area contributed by atoms with Gasteiger partial charge in [-0.3, -0.25) is 4.79 Å². The lowest BCUT2D eigenvalue weighted by Crippen LogP contribution is -2.34. The molecule has 1 aliphatic heterocycles. The van der Waals surface area contributed by atoms with E-state index in [4.69, 9.17) is 0 Å².